The van der Waals surface area contributed by atoms with Crippen molar-refractivity contribution in [2.24, 2.45) is 0 Å². The molecule has 0 fully saturated rings. The second-order valence-corrected chi connectivity index (χ2v) is 3.49. The Bertz CT molecular complexity index is 177. The molecule has 1 aromatic rings. The van der Waals surface area contributed by atoms with Crippen LogP contribution in [-0.2, 0) is 18.3 Å². The Morgan fingerprint density at radius 1 is 1.00 bits per heavy atom. The van der Waals surface area contributed by atoms with E-state index in [4.69, 9.17) is 0 Å². The average Bonchev–Trinajstić information content (AvgIpc) is 1.59. The molecule has 0 saturated heterocycles. The van der Waals surface area contributed by atoms with E-state index in [1.165, 1.54) is 12.1 Å². The fraction of sp³-hybridized carbons (Fsp3) is 0. The summed E-state index contributed by atoms with van der Waals surface area (Å²) in [6.07, 6.45) is 0. The topological polar surface area (TPSA) is 0 Å². The molecule has 0 amide bonds. The Balaban J connectivity index is 0.000000810. The van der Waals surface area contributed by atoms with E-state index in [0.29, 0.717) is 0 Å². The minimum absolute atomic E-state index is 0. The normalized spacial score (nSPS) is 8.80. The predicted octanol–water partition coefficient (Wildman–Crippen LogP) is 1.71. The second kappa shape index (κ2) is 4.14. The van der Waals surface area contributed by atoms with E-state index < -0.39 is 11.6 Å². The fourth-order valence-corrected chi connectivity index (χ4v) is 1.43. The van der Waals surface area contributed by atoms with Gasteiger partial charge in [-0.05, 0) is 0 Å². The van der Waals surface area contributed by atoms with Crippen LogP contribution in [0.4, 0.5) is 8.78 Å². The zero-order valence-electron chi connectivity index (χ0n) is 5.10. The molecule has 0 radical (unpaired) electrons. The number of benzene rings is 1. The summed E-state index contributed by atoms with van der Waals surface area (Å²) < 4.78 is 25.1. The molecule has 4 heteroatoms. The van der Waals surface area contributed by atoms with Crippen molar-refractivity contribution < 1.29 is 27.1 Å². The van der Waals surface area contributed by atoms with Crippen LogP contribution in [0.3, 0.4) is 0 Å². The molecule has 0 aliphatic carbocycles. The number of hydrogen-bond acceptors (Lipinski definition) is 0. The zero-order chi connectivity index (χ0) is 6.85. The van der Waals surface area contributed by atoms with Gasteiger partial charge in [-0.15, -0.1) is 17.0 Å². The molecule has 0 bridgehead atoms. The molecule has 0 atom stereocenters. The summed E-state index contributed by atoms with van der Waals surface area (Å²) in [6.45, 7) is 0. The maximum absolute atomic E-state index is 12.2. The van der Waals surface area contributed by atoms with Crippen LogP contribution >= 0.6 is 17.0 Å². The quantitative estimate of drug-likeness (QED) is 0.622. The maximum atomic E-state index is 12.2. The van der Waals surface area contributed by atoms with Crippen molar-refractivity contribution in [3.05, 3.63) is 29.8 Å². The van der Waals surface area contributed by atoms with Gasteiger partial charge in [-0.25, -0.2) is 0 Å². The van der Waals surface area contributed by atoms with Crippen molar-refractivity contribution in [3.8, 4) is 0 Å². The summed E-state index contributed by atoms with van der Waals surface area (Å²) in [4.78, 5) is 0. The van der Waals surface area contributed by atoms with Crippen molar-refractivity contribution in [1.82, 2.24) is 0 Å². The first-order chi connectivity index (χ1) is 4.18. The SMILES string of the molecule is Br.Fc1cc(F)c[c]([Zn])c1. The van der Waals surface area contributed by atoms with Gasteiger partial charge in [-0.1, -0.05) is 0 Å². The van der Waals surface area contributed by atoms with Gasteiger partial charge in [0.25, 0.3) is 0 Å². The summed E-state index contributed by atoms with van der Waals surface area (Å²) >= 11 is 0.786. The molecule has 0 spiro atoms. The van der Waals surface area contributed by atoms with Crippen molar-refractivity contribution >= 4 is 21.1 Å². The summed E-state index contributed by atoms with van der Waals surface area (Å²) in [5, 5.41) is 0. The van der Waals surface area contributed by atoms with Crippen LogP contribution in [0, 0.1) is 11.6 Å². The van der Waals surface area contributed by atoms with E-state index in [1.807, 2.05) is 0 Å². The number of rotatable bonds is 0. The molecule has 1 rings (SSSR count). The third-order valence-electron chi connectivity index (χ3n) is 0.922. The van der Waals surface area contributed by atoms with Gasteiger partial charge in [0.05, 0.1) is 0 Å². The van der Waals surface area contributed by atoms with Crippen LogP contribution in [0.25, 0.3) is 0 Å². The summed E-state index contributed by atoms with van der Waals surface area (Å²) in [5.74, 6) is -0.979. The average molecular weight is 259 g/mol. The first kappa shape index (κ1) is 10.2. The van der Waals surface area contributed by atoms with Crippen molar-refractivity contribution in [3.63, 3.8) is 0 Å². The van der Waals surface area contributed by atoms with E-state index in [2.05, 4.69) is 0 Å². The Morgan fingerprint density at radius 2 is 1.40 bits per heavy atom. The van der Waals surface area contributed by atoms with Gasteiger partial charge in [0, 0.05) is 0 Å². The first-order valence-electron chi connectivity index (χ1n) is 2.46. The molecule has 0 heterocycles. The Labute approximate surface area is 78.1 Å². The minimum atomic E-state index is -0.490. The van der Waals surface area contributed by atoms with Gasteiger partial charge in [0.1, 0.15) is 0 Å². The summed E-state index contributed by atoms with van der Waals surface area (Å²) in [6, 6.07) is 3.55. The van der Waals surface area contributed by atoms with Gasteiger partial charge in [0.2, 0.25) is 0 Å². The van der Waals surface area contributed by atoms with Crippen molar-refractivity contribution in [2.75, 3.05) is 0 Å². The van der Waals surface area contributed by atoms with Gasteiger partial charge < -0.3 is 0 Å². The van der Waals surface area contributed by atoms with Crippen LogP contribution in [0.2, 0.25) is 0 Å². The number of hydrogen-bond donors (Lipinski definition) is 0. The predicted molar refractivity (Wildman–Crippen MR) is 36.3 cm³/mol. The van der Waals surface area contributed by atoms with E-state index in [9.17, 15) is 8.78 Å². The van der Waals surface area contributed by atoms with Crippen LogP contribution in [-0.4, -0.2) is 0 Å². The Hall–Kier alpha value is 0.183. The third-order valence-corrected chi connectivity index (χ3v) is 1.78. The zero-order valence-corrected chi connectivity index (χ0v) is 9.78. The summed E-state index contributed by atoms with van der Waals surface area (Å²) in [5.41, 5.74) is 0. The molecular weight excluding hydrogens is 255 g/mol. The molecule has 0 aliphatic rings. The van der Waals surface area contributed by atoms with Gasteiger partial charge in [-0.3, -0.25) is 0 Å². The van der Waals surface area contributed by atoms with Crippen LogP contribution in [0.1, 0.15) is 0 Å². The van der Waals surface area contributed by atoms with E-state index in [-0.39, 0.29) is 17.0 Å². The molecule has 0 saturated carbocycles. The Morgan fingerprint density at radius 3 is 1.70 bits per heavy atom. The number of halogens is 3. The van der Waals surface area contributed by atoms with Gasteiger partial charge in [-0.2, -0.15) is 0 Å². The van der Waals surface area contributed by atoms with Gasteiger partial charge in [0.15, 0.2) is 0 Å². The van der Waals surface area contributed by atoms with E-state index in [0.717, 1.165) is 28.5 Å². The molecule has 1 aromatic carbocycles. The molecule has 0 N–H and O–H groups in total. The molecule has 0 aromatic heterocycles. The summed E-state index contributed by atoms with van der Waals surface area (Å²) in [7, 11) is 0. The molecular formula is C6H4BrF2Zn. The molecule has 51 valence electrons. The second-order valence-electron chi connectivity index (χ2n) is 1.78. The van der Waals surface area contributed by atoms with Crippen LogP contribution in [0.15, 0.2) is 18.2 Å². The Kier molecular flexibility index (Phi) is 4.22. The fourth-order valence-electron chi connectivity index (χ4n) is 0.611. The molecule has 10 heavy (non-hydrogen) atoms. The standard InChI is InChI=1S/C6H3F2.BrH.Zn/c7-5-2-1-3-6(8)4-5;;/h2-4H;1H;. The first-order valence-corrected chi connectivity index (χ1v) is 3.95. The van der Waals surface area contributed by atoms with Crippen LogP contribution < -0.4 is 4.16 Å². The van der Waals surface area contributed by atoms with E-state index >= 15 is 0 Å². The van der Waals surface area contributed by atoms with Crippen LogP contribution in [0.5, 0.6) is 0 Å². The van der Waals surface area contributed by atoms with Gasteiger partial charge >= 0.3 is 61.1 Å². The molecule has 0 aliphatic heterocycles. The molecule has 0 nitrogen and oxygen atoms in total. The van der Waals surface area contributed by atoms with E-state index in [1.54, 1.807) is 0 Å². The monoisotopic (exact) mass is 257 g/mol. The van der Waals surface area contributed by atoms with Crippen molar-refractivity contribution in [1.29, 1.82) is 0 Å². The van der Waals surface area contributed by atoms with Crippen molar-refractivity contribution in [2.45, 2.75) is 0 Å². The third kappa shape index (κ3) is 2.84. The molecule has 0 unspecified atom stereocenters.